The highest BCUT2D eigenvalue weighted by molar-refractivity contribution is 5.93. The zero-order chi connectivity index (χ0) is 11.4. The molecule has 2 rings (SSSR count). The van der Waals surface area contributed by atoms with Crippen LogP contribution < -0.4 is 5.32 Å². The molecule has 1 N–H and O–H groups in total. The predicted molar refractivity (Wildman–Crippen MR) is 60.8 cm³/mol. The summed E-state index contributed by atoms with van der Waals surface area (Å²) in [6, 6.07) is 7.42. The van der Waals surface area contributed by atoms with Gasteiger partial charge in [0.2, 0.25) is 0 Å². The first kappa shape index (κ1) is 10.4. The molecule has 4 heteroatoms. The number of carbonyl (C=O) groups excluding carboxylic acids is 1. The molecule has 0 unspecified atom stereocenters. The number of carbonyl (C=O) groups is 1. The lowest BCUT2D eigenvalue weighted by atomic mass is 10.2. The van der Waals surface area contributed by atoms with E-state index in [-0.39, 0.29) is 5.91 Å². The van der Waals surface area contributed by atoms with Gasteiger partial charge in [-0.3, -0.25) is 9.78 Å². The van der Waals surface area contributed by atoms with Crippen molar-refractivity contribution in [3.63, 3.8) is 0 Å². The van der Waals surface area contributed by atoms with Gasteiger partial charge in [0.25, 0.3) is 5.91 Å². The normalized spacial score (nSPS) is 10.1. The minimum atomic E-state index is -0.102. The van der Waals surface area contributed by atoms with Crippen molar-refractivity contribution in [1.82, 2.24) is 14.9 Å². The Bertz CT molecular complexity index is 476. The summed E-state index contributed by atoms with van der Waals surface area (Å²) < 4.78 is 1.98. The molecule has 0 radical (unpaired) electrons. The van der Waals surface area contributed by atoms with Crippen LogP contribution in [0.5, 0.6) is 0 Å². The van der Waals surface area contributed by atoms with Gasteiger partial charge in [-0.25, -0.2) is 0 Å². The summed E-state index contributed by atoms with van der Waals surface area (Å²) in [5, 5.41) is 2.84. The first-order valence-electron chi connectivity index (χ1n) is 5.06. The second kappa shape index (κ2) is 4.61. The van der Waals surface area contributed by atoms with Crippen molar-refractivity contribution < 1.29 is 4.79 Å². The number of hydrogen-bond acceptors (Lipinski definition) is 2. The van der Waals surface area contributed by atoms with E-state index in [4.69, 9.17) is 0 Å². The molecule has 16 heavy (non-hydrogen) atoms. The summed E-state index contributed by atoms with van der Waals surface area (Å²) in [5.41, 5.74) is 1.65. The van der Waals surface area contributed by atoms with Gasteiger partial charge in [0.05, 0.1) is 12.1 Å². The van der Waals surface area contributed by atoms with Crippen molar-refractivity contribution in [2.75, 3.05) is 0 Å². The molecular weight excluding hydrogens is 202 g/mol. The molecule has 82 valence electrons. The van der Waals surface area contributed by atoms with Crippen LogP contribution in [0, 0.1) is 0 Å². The van der Waals surface area contributed by atoms with E-state index in [1.165, 1.54) is 0 Å². The maximum absolute atomic E-state index is 11.7. The van der Waals surface area contributed by atoms with Crippen LogP contribution in [-0.4, -0.2) is 15.5 Å². The lowest BCUT2D eigenvalue weighted by Crippen LogP contribution is -2.23. The quantitative estimate of drug-likeness (QED) is 0.840. The van der Waals surface area contributed by atoms with Crippen LogP contribution in [0.3, 0.4) is 0 Å². The number of amides is 1. The van der Waals surface area contributed by atoms with Crippen LogP contribution in [0.2, 0.25) is 0 Å². The van der Waals surface area contributed by atoms with Crippen LogP contribution in [-0.2, 0) is 13.6 Å². The van der Waals surface area contributed by atoms with E-state index in [2.05, 4.69) is 10.3 Å². The minimum Gasteiger partial charge on any atom is -0.353 e. The Morgan fingerprint density at radius 3 is 2.94 bits per heavy atom. The van der Waals surface area contributed by atoms with E-state index in [1.807, 2.05) is 29.9 Å². The van der Waals surface area contributed by atoms with Crippen molar-refractivity contribution in [3.05, 3.63) is 54.1 Å². The van der Waals surface area contributed by atoms with Crippen molar-refractivity contribution in [1.29, 1.82) is 0 Å². The van der Waals surface area contributed by atoms with Crippen LogP contribution in [0.1, 0.15) is 16.1 Å². The van der Waals surface area contributed by atoms with Crippen LogP contribution in [0.15, 0.2) is 42.9 Å². The van der Waals surface area contributed by atoms with Gasteiger partial charge in [0, 0.05) is 31.3 Å². The third kappa shape index (κ3) is 2.28. The molecule has 2 aromatic heterocycles. The van der Waals surface area contributed by atoms with Gasteiger partial charge in [0.1, 0.15) is 0 Å². The number of pyridine rings is 1. The average Bonchev–Trinajstić information content (AvgIpc) is 2.73. The van der Waals surface area contributed by atoms with Gasteiger partial charge in [-0.2, -0.15) is 0 Å². The van der Waals surface area contributed by atoms with E-state index in [0.717, 1.165) is 5.69 Å². The monoisotopic (exact) mass is 215 g/mol. The second-order valence-corrected chi connectivity index (χ2v) is 3.53. The second-order valence-electron chi connectivity index (χ2n) is 3.53. The number of hydrogen-bond donors (Lipinski definition) is 1. The Hall–Kier alpha value is -2.10. The molecule has 0 atom stereocenters. The number of nitrogens with zero attached hydrogens (tertiary/aromatic N) is 2. The molecule has 0 fully saturated rings. The minimum absolute atomic E-state index is 0.102. The Kier molecular flexibility index (Phi) is 3.00. The fraction of sp³-hybridized carbons (Fsp3) is 0.167. The lowest BCUT2D eigenvalue weighted by Gasteiger charge is -2.05. The number of aromatic nitrogens is 2. The average molecular weight is 215 g/mol. The first-order valence-corrected chi connectivity index (χ1v) is 5.06. The Balaban J connectivity index is 1.97. The summed E-state index contributed by atoms with van der Waals surface area (Å²) in [7, 11) is 1.95. The molecule has 2 aromatic rings. The lowest BCUT2D eigenvalue weighted by molar-refractivity contribution is 0.0950. The van der Waals surface area contributed by atoms with Crippen molar-refractivity contribution in [2.24, 2.45) is 7.05 Å². The maximum atomic E-state index is 11.7. The highest BCUT2D eigenvalue weighted by Gasteiger charge is 2.05. The van der Waals surface area contributed by atoms with Crippen molar-refractivity contribution >= 4 is 5.91 Å². The first-order chi connectivity index (χ1) is 7.77. The highest BCUT2D eigenvalue weighted by atomic mass is 16.1. The van der Waals surface area contributed by atoms with Gasteiger partial charge in [0.15, 0.2) is 0 Å². The molecule has 0 aliphatic rings. The Labute approximate surface area is 93.9 Å². The molecule has 0 aliphatic heterocycles. The van der Waals surface area contributed by atoms with Crippen LogP contribution in [0.4, 0.5) is 0 Å². The molecule has 0 aromatic carbocycles. The van der Waals surface area contributed by atoms with E-state index in [9.17, 15) is 4.79 Å². The van der Waals surface area contributed by atoms with Gasteiger partial charge in [-0.15, -0.1) is 0 Å². The smallest absolute Gasteiger partial charge is 0.253 e. The standard InChI is InChI=1S/C12H13N3O/c1-15-7-3-5-11(15)9-14-12(16)10-4-2-6-13-8-10/h2-8H,9H2,1H3,(H,14,16). The Morgan fingerprint density at radius 2 is 2.31 bits per heavy atom. The van der Waals surface area contributed by atoms with Gasteiger partial charge in [-0.1, -0.05) is 0 Å². The fourth-order valence-corrected chi connectivity index (χ4v) is 1.45. The fourth-order valence-electron chi connectivity index (χ4n) is 1.45. The zero-order valence-corrected chi connectivity index (χ0v) is 9.05. The molecule has 0 saturated carbocycles. The number of nitrogens with one attached hydrogen (secondary N) is 1. The van der Waals surface area contributed by atoms with E-state index < -0.39 is 0 Å². The SMILES string of the molecule is Cn1cccc1CNC(=O)c1cccnc1. The molecule has 2 heterocycles. The van der Waals surface area contributed by atoms with Gasteiger partial charge in [-0.05, 0) is 24.3 Å². The molecule has 4 nitrogen and oxygen atoms in total. The van der Waals surface area contributed by atoms with Crippen LogP contribution >= 0.6 is 0 Å². The van der Waals surface area contributed by atoms with Gasteiger partial charge < -0.3 is 9.88 Å². The summed E-state index contributed by atoms with van der Waals surface area (Å²) in [5.74, 6) is -0.102. The van der Waals surface area contributed by atoms with E-state index in [1.54, 1.807) is 24.5 Å². The highest BCUT2D eigenvalue weighted by Crippen LogP contribution is 2.00. The molecule has 0 aliphatic carbocycles. The van der Waals surface area contributed by atoms with Crippen molar-refractivity contribution in [3.8, 4) is 0 Å². The van der Waals surface area contributed by atoms with Crippen molar-refractivity contribution in [2.45, 2.75) is 6.54 Å². The predicted octanol–water partition coefficient (Wildman–Crippen LogP) is 1.35. The third-order valence-corrected chi connectivity index (χ3v) is 2.41. The molecule has 1 amide bonds. The summed E-state index contributed by atoms with van der Waals surface area (Å²) in [6.45, 7) is 0.525. The summed E-state index contributed by atoms with van der Waals surface area (Å²) >= 11 is 0. The molecule has 0 saturated heterocycles. The maximum Gasteiger partial charge on any atom is 0.253 e. The number of rotatable bonds is 3. The summed E-state index contributed by atoms with van der Waals surface area (Å²) in [6.07, 6.45) is 5.15. The summed E-state index contributed by atoms with van der Waals surface area (Å²) in [4.78, 5) is 15.6. The number of aryl methyl sites for hydroxylation is 1. The Morgan fingerprint density at radius 1 is 1.44 bits per heavy atom. The molecular formula is C12H13N3O. The largest absolute Gasteiger partial charge is 0.353 e. The molecule has 0 bridgehead atoms. The van der Waals surface area contributed by atoms with Gasteiger partial charge >= 0.3 is 0 Å². The zero-order valence-electron chi connectivity index (χ0n) is 9.05. The topological polar surface area (TPSA) is 46.9 Å². The van der Waals surface area contributed by atoms with Crippen LogP contribution in [0.25, 0.3) is 0 Å². The van der Waals surface area contributed by atoms with E-state index >= 15 is 0 Å². The molecule has 0 spiro atoms. The third-order valence-electron chi connectivity index (χ3n) is 2.41. The van der Waals surface area contributed by atoms with E-state index in [0.29, 0.717) is 12.1 Å².